The highest BCUT2D eigenvalue weighted by Crippen LogP contribution is 2.29. The fraction of sp³-hybridized carbons (Fsp3) is 0.917. The van der Waals surface area contributed by atoms with Gasteiger partial charge in [0.05, 0.1) is 16.8 Å². The summed E-state index contributed by atoms with van der Waals surface area (Å²) in [6.07, 6.45) is 1.56. The second kappa shape index (κ2) is 6.21. The van der Waals surface area contributed by atoms with Crippen molar-refractivity contribution >= 4 is 25.8 Å². The van der Waals surface area contributed by atoms with Gasteiger partial charge in [0.2, 0.25) is 10.0 Å². The molecule has 9 heteroatoms. The predicted octanol–water partition coefficient (Wildman–Crippen LogP) is 0.0801. The van der Waals surface area contributed by atoms with Crippen LogP contribution in [-0.4, -0.2) is 62.1 Å². The lowest BCUT2D eigenvalue weighted by Gasteiger charge is -2.27. The number of sulfonamides is 1. The largest absolute Gasteiger partial charge is 0.481 e. The highest BCUT2D eigenvalue weighted by molar-refractivity contribution is 7.92. The lowest BCUT2D eigenvalue weighted by molar-refractivity contribution is -0.137. The van der Waals surface area contributed by atoms with E-state index in [0.29, 0.717) is 25.9 Å². The van der Waals surface area contributed by atoms with E-state index in [2.05, 4.69) is 0 Å². The molecule has 0 saturated carbocycles. The van der Waals surface area contributed by atoms with Gasteiger partial charge < -0.3 is 5.11 Å². The van der Waals surface area contributed by atoms with Crippen LogP contribution in [0.4, 0.5) is 0 Å². The molecule has 0 aromatic rings. The van der Waals surface area contributed by atoms with E-state index in [1.165, 1.54) is 4.31 Å². The normalized spacial score (nSPS) is 27.7. The summed E-state index contributed by atoms with van der Waals surface area (Å²) in [5.74, 6) is -0.905. The molecule has 122 valence electrons. The highest BCUT2D eigenvalue weighted by atomic mass is 32.2. The molecule has 2 rings (SSSR count). The molecule has 7 nitrogen and oxygen atoms in total. The lowest BCUT2D eigenvalue weighted by Crippen LogP contribution is -2.41. The number of hydrogen-bond donors (Lipinski definition) is 1. The summed E-state index contributed by atoms with van der Waals surface area (Å²) >= 11 is 0. The Balaban J connectivity index is 1.94. The van der Waals surface area contributed by atoms with E-state index in [4.69, 9.17) is 5.11 Å². The van der Waals surface area contributed by atoms with Gasteiger partial charge in [-0.15, -0.1) is 0 Å². The van der Waals surface area contributed by atoms with Crippen molar-refractivity contribution < 1.29 is 26.7 Å². The predicted molar refractivity (Wildman–Crippen MR) is 77.1 cm³/mol. The minimum absolute atomic E-state index is 0.0558. The standard InChI is InChI=1S/C12H21NO6S2/c14-12(15)2-1-10-3-6-13(9-10)21(18,19)11-4-7-20(16,17)8-5-11/h10-11H,1-9H2,(H,14,15). The van der Waals surface area contributed by atoms with Gasteiger partial charge in [0, 0.05) is 19.5 Å². The first-order chi connectivity index (χ1) is 9.71. The first-order valence-corrected chi connectivity index (χ1v) is 10.4. The van der Waals surface area contributed by atoms with Gasteiger partial charge in [-0.3, -0.25) is 4.79 Å². The molecule has 0 aromatic carbocycles. The van der Waals surface area contributed by atoms with Crippen molar-refractivity contribution in [1.29, 1.82) is 0 Å². The van der Waals surface area contributed by atoms with Gasteiger partial charge in [-0.1, -0.05) is 0 Å². The van der Waals surface area contributed by atoms with E-state index in [1.54, 1.807) is 0 Å². The Morgan fingerprint density at radius 2 is 1.81 bits per heavy atom. The Labute approximate surface area is 125 Å². The van der Waals surface area contributed by atoms with Crippen LogP contribution in [0.1, 0.15) is 32.1 Å². The molecule has 2 aliphatic rings. The molecule has 0 aromatic heterocycles. The average molecular weight is 339 g/mol. The van der Waals surface area contributed by atoms with Crippen LogP contribution in [0.5, 0.6) is 0 Å². The molecule has 0 aliphatic carbocycles. The Bertz CT molecular complexity index is 583. The monoisotopic (exact) mass is 339 g/mol. The van der Waals surface area contributed by atoms with Crippen molar-refractivity contribution in [2.45, 2.75) is 37.4 Å². The third kappa shape index (κ3) is 4.17. The van der Waals surface area contributed by atoms with Gasteiger partial charge in [-0.25, -0.2) is 21.1 Å². The molecule has 0 amide bonds. The fourth-order valence-corrected chi connectivity index (χ4v) is 6.79. The van der Waals surface area contributed by atoms with Crippen LogP contribution >= 0.6 is 0 Å². The molecular weight excluding hydrogens is 318 g/mol. The van der Waals surface area contributed by atoms with Crippen LogP contribution in [0.15, 0.2) is 0 Å². The molecule has 1 N–H and O–H groups in total. The van der Waals surface area contributed by atoms with Crippen molar-refractivity contribution in [3.63, 3.8) is 0 Å². The summed E-state index contributed by atoms with van der Waals surface area (Å²) in [5.41, 5.74) is 0. The van der Waals surface area contributed by atoms with Crippen molar-refractivity contribution in [2.75, 3.05) is 24.6 Å². The summed E-state index contributed by atoms with van der Waals surface area (Å²) in [4.78, 5) is 10.6. The first kappa shape index (κ1) is 16.7. The molecule has 2 aliphatic heterocycles. The van der Waals surface area contributed by atoms with Crippen LogP contribution in [0.2, 0.25) is 0 Å². The number of rotatable bonds is 5. The van der Waals surface area contributed by atoms with Crippen LogP contribution < -0.4 is 0 Å². The van der Waals surface area contributed by atoms with Gasteiger partial charge in [-0.05, 0) is 31.6 Å². The minimum atomic E-state index is -3.46. The van der Waals surface area contributed by atoms with E-state index in [1.807, 2.05) is 0 Å². The molecule has 2 heterocycles. The molecular formula is C12H21NO6S2. The van der Waals surface area contributed by atoms with E-state index in [9.17, 15) is 21.6 Å². The zero-order chi connectivity index (χ0) is 15.7. The van der Waals surface area contributed by atoms with E-state index in [-0.39, 0.29) is 36.7 Å². The fourth-order valence-electron chi connectivity index (χ4n) is 2.97. The van der Waals surface area contributed by atoms with Gasteiger partial charge in [0.15, 0.2) is 0 Å². The number of hydrogen-bond acceptors (Lipinski definition) is 5. The SMILES string of the molecule is O=C(O)CCC1CCN(S(=O)(=O)C2CCS(=O)(=O)CC2)C1. The number of sulfone groups is 1. The maximum absolute atomic E-state index is 12.5. The summed E-state index contributed by atoms with van der Waals surface area (Å²) in [5, 5.41) is 8.05. The highest BCUT2D eigenvalue weighted by Gasteiger charge is 2.39. The van der Waals surface area contributed by atoms with Gasteiger partial charge in [0.1, 0.15) is 9.84 Å². The number of nitrogens with zero attached hydrogens (tertiary/aromatic N) is 1. The van der Waals surface area contributed by atoms with Gasteiger partial charge in [-0.2, -0.15) is 0 Å². The summed E-state index contributed by atoms with van der Waals surface area (Å²) < 4.78 is 49.2. The molecule has 1 atom stereocenters. The van der Waals surface area contributed by atoms with Crippen LogP contribution in [-0.2, 0) is 24.7 Å². The molecule has 2 fully saturated rings. The van der Waals surface area contributed by atoms with Gasteiger partial charge >= 0.3 is 5.97 Å². The molecule has 2 saturated heterocycles. The topological polar surface area (TPSA) is 109 Å². The third-order valence-corrected chi connectivity index (χ3v) is 8.38. The maximum atomic E-state index is 12.5. The minimum Gasteiger partial charge on any atom is -0.481 e. The first-order valence-electron chi connectivity index (χ1n) is 7.12. The van der Waals surface area contributed by atoms with Crippen molar-refractivity contribution in [2.24, 2.45) is 5.92 Å². The van der Waals surface area contributed by atoms with Gasteiger partial charge in [0.25, 0.3) is 0 Å². The number of carboxylic acid groups (broad SMARTS) is 1. The number of carboxylic acids is 1. The number of aliphatic carboxylic acids is 1. The van der Waals surface area contributed by atoms with Crippen molar-refractivity contribution in [3.8, 4) is 0 Å². The summed E-state index contributed by atoms with van der Waals surface area (Å²) in [7, 11) is -6.54. The lowest BCUT2D eigenvalue weighted by atomic mass is 10.0. The molecule has 21 heavy (non-hydrogen) atoms. The summed E-state index contributed by atoms with van der Waals surface area (Å²) in [6.45, 7) is 0.773. The average Bonchev–Trinajstić information content (AvgIpc) is 2.85. The molecule has 0 spiro atoms. The quantitative estimate of drug-likeness (QED) is 0.760. The van der Waals surface area contributed by atoms with Crippen LogP contribution in [0.25, 0.3) is 0 Å². The van der Waals surface area contributed by atoms with Crippen molar-refractivity contribution in [1.82, 2.24) is 4.31 Å². The smallest absolute Gasteiger partial charge is 0.303 e. The number of carbonyl (C=O) groups is 1. The second-order valence-electron chi connectivity index (χ2n) is 5.84. The second-order valence-corrected chi connectivity index (χ2v) is 10.4. The Kier molecular flexibility index (Phi) is 4.94. The van der Waals surface area contributed by atoms with Crippen molar-refractivity contribution in [3.05, 3.63) is 0 Å². The zero-order valence-electron chi connectivity index (χ0n) is 11.8. The maximum Gasteiger partial charge on any atom is 0.303 e. The Hall–Kier alpha value is -0.670. The van der Waals surface area contributed by atoms with Crippen LogP contribution in [0, 0.1) is 5.92 Å². The van der Waals surface area contributed by atoms with E-state index >= 15 is 0 Å². The molecule has 0 bridgehead atoms. The van der Waals surface area contributed by atoms with E-state index in [0.717, 1.165) is 0 Å². The van der Waals surface area contributed by atoms with Crippen LogP contribution in [0.3, 0.4) is 0 Å². The Morgan fingerprint density at radius 3 is 2.38 bits per heavy atom. The Morgan fingerprint density at radius 1 is 1.19 bits per heavy atom. The van der Waals surface area contributed by atoms with E-state index < -0.39 is 31.1 Å². The zero-order valence-corrected chi connectivity index (χ0v) is 13.4. The third-order valence-electron chi connectivity index (χ3n) is 4.30. The molecule has 1 unspecified atom stereocenters. The molecule has 0 radical (unpaired) electrons. The summed E-state index contributed by atoms with van der Waals surface area (Å²) in [6, 6.07) is 0.